The van der Waals surface area contributed by atoms with Crippen molar-refractivity contribution in [2.24, 2.45) is 0 Å². The molecule has 1 aromatic heterocycles. The highest BCUT2D eigenvalue weighted by molar-refractivity contribution is 5.87. The summed E-state index contributed by atoms with van der Waals surface area (Å²) < 4.78 is 21.9. The molecule has 5 heteroatoms. The number of esters is 1. The fourth-order valence-corrected chi connectivity index (χ4v) is 3.85. The van der Waals surface area contributed by atoms with Crippen molar-refractivity contribution >= 4 is 5.97 Å². The number of aromatic nitrogens is 2. The molecule has 30 heavy (non-hydrogen) atoms. The minimum Gasteiger partial charge on any atom is -0.461 e. The molecule has 0 aliphatic carbocycles. The number of ether oxygens (including phenoxy) is 1. The van der Waals surface area contributed by atoms with E-state index in [9.17, 15) is 4.79 Å². The molecule has 1 heterocycles. The molecule has 4 nitrogen and oxygen atoms in total. The second kappa shape index (κ2) is 8.33. The maximum atomic E-state index is 15.4. The van der Waals surface area contributed by atoms with Crippen molar-refractivity contribution in [3.05, 3.63) is 126 Å². The van der Waals surface area contributed by atoms with E-state index in [1.54, 1.807) is 6.92 Å². The summed E-state index contributed by atoms with van der Waals surface area (Å²) in [4.78, 5) is 16.2. The van der Waals surface area contributed by atoms with Crippen LogP contribution in [0.4, 0.5) is 4.39 Å². The zero-order valence-electron chi connectivity index (χ0n) is 16.5. The van der Waals surface area contributed by atoms with E-state index in [1.807, 2.05) is 91.0 Å². The largest absolute Gasteiger partial charge is 0.461 e. The third-order valence-electron chi connectivity index (χ3n) is 5.08. The van der Waals surface area contributed by atoms with Gasteiger partial charge in [-0.15, -0.1) is 0 Å². The van der Waals surface area contributed by atoms with Gasteiger partial charge in [-0.2, -0.15) is 9.37 Å². The maximum Gasteiger partial charge on any atom is 0.358 e. The van der Waals surface area contributed by atoms with Gasteiger partial charge in [-0.3, -0.25) is 4.57 Å². The summed E-state index contributed by atoms with van der Waals surface area (Å²) in [6, 6.07) is 28.9. The summed E-state index contributed by atoms with van der Waals surface area (Å²) in [5.74, 6) is -0.654. The molecule has 3 aromatic carbocycles. The number of carbonyl (C=O) groups excluding carboxylic acids is 1. The van der Waals surface area contributed by atoms with Gasteiger partial charge in [0, 0.05) is 6.20 Å². The molecule has 4 aromatic rings. The van der Waals surface area contributed by atoms with Crippen LogP contribution >= 0.6 is 0 Å². The van der Waals surface area contributed by atoms with Gasteiger partial charge in [0.15, 0.2) is 5.69 Å². The van der Waals surface area contributed by atoms with Crippen LogP contribution in [0.15, 0.2) is 97.2 Å². The van der Waals surface area contributed by atoms with Crippen molar-refractivity contribution in [2.45, 2.75) is 12.5 Å². The van der Waals surface area contributed by atoms with Crippen LogP contribution in [0, 0.1) is 6.08 Å². The predicted molar refractivity (Wildman–Crippen MR) is 113 cm³/mol. The van der Waals surface area contributed by atoms with Crippen LogP contribution in [-0.2, 0) is 10.3 Å². The number of benzene rings is 3. The molecule has 0 spiro atoms. The summed E-state index contributed by atoms with van der Waals surface area (Å²) in [7, 11) is 0. The Labute approximate surface area is 174 Å². The number of hydrogen-bond donors (Lipinski definition) is 0. The summed E-state index contributed by atoms with van der Waals surface area (Å²) in [5, 5.41) is 0. The number of carbonyl (C=O) groups is 1. The Hall–Kier alpha value is -3.73. The number of hydrogen-bond acceptors (Lipinski definition) is 3. The smallest absolute Gasteiger partial charge is 0.358 e. The van der Waals surface area contributed by atoms with Gasteiger partial charge in [0.2, 0.25) is 0 Å². The van der Waals surface area contributed by atoms with Crippen LogP contribution in [0.5, 0.6) is 0 Å². The van der Waals surface area contributed by atoms with Gasteiger partial charge >= 0.3 is 5.97 Å². The van der Waals surface area contributed by atoms with E-state index < -0.39 is 17.6 Å². The molecule has 0 saturated heterocycles. The summed E-state index contributed by atoms with van der Waals surface area (Å²) in [6.45, 7) is 1.89. The molecule has 0 N–H and O–H groups in total. The standard InChI is InChI=1S/C25H21FN2O2/c1-2-30-23(29)22-18-28(24(26)27-22)25(19-12-6-3-7-13-19,20-14-8-4-9-15-20)21-16-10-5-11-17-21/h3-18H,2H2,1H3. The predicted octanol–water partition coefficient (Wildman–Crippen LogP) is 5.04. The minimum atomic E-state index is -1.06. The minimum absolute atomic E-state index is 0.0680. The Kier molecular flexibility index (Phi) is 5.44. The first-order chi connectivity index (χ1) is 14.7. The van der Waals surface area contributed by atoms with Crippen LogP contribution in [0.1, 0.15) is 34.1 Å². The number of nitrogens with zero attached hydrogens (tertiary/aromatic N) is 2. The molecule has 0 unspecified atom stereocenters. The Bertz CT molecular complexity index is 1030. The van der Waals surface area contributed by atoms with Crippen molar-refractivity contribution in [2.75, 3.05) is 6.61 Å². The van der Waals surface area contributed by atoms with Crippen LogP contribution < -0.4 is 0 Å². The Morgan fingerprint density at radius 1 is 0.867 bits per heavy atom. The van der Waals surface area contributed by atoms with Gasteiger partial charge in [-0.1, -0.05) is 91.0 Å². The topological polar surface area (TPSA) is 44.1 Å². The van der Waals surface area contributed by atoms with Crippen LogP contribution in [0.25, 0.3) is 0 Å². The summed E-state index contributed by atoms with van der Waals surface area (Å²) in [5.41, 5.74) is 1.39. The molecular formula is C25H21FN2O2. The average Bonchev–Trinajstić information content (AvgIpc) is 3.19. The lowest BCUT2D eigenvalue weighted by atomic mass is 9.76. The average molecular weight is 400 g/mol. The first kappa shape index (κ1) is 19.6. The van der Waals surface area contributed by atoms with E-state index >= 15 is 4.39 Å². The quantitative estimate of drug-likeness (QED) is 0.336. The van der Waals surface area contributed by atoms with E-state index in [4.69, 9.17) is 4.74 Å². The van der Waals surface area contributed by atoms with E-state index in [0.29, 0.717) is 0 Å². The molecule has 0 aliphatic rings. The lowest BCUT2D eigenvalue weighted by Crippen LogP contribution is -2.38. The van der Waals surface area contributed by atoms with E-state index in [1.165, 1.54) is 10.8 Å². The summed E-state index contributed by atoms with van der Waals surface area (Å²) in [6.07, 6.45) is 0.662. The van der Waals surface area contributed by atoms with E-state index in [2.05, 4.69) is 4.98 Å². The van der Waals surface area contributed by atoms with Crippen molar-refractivity contribution in [1.82, 2.24) is 9.55 Å². The highest BCUT2D eigenvalue weighted by Crippen LogP contribution is 2.41. The van der Waals surface area contributed by atoms with Gasteiger partial charge < -0.3 is 4.74 Å². The van der Waals surface area contributed by atoms with Crippen molar-refractivity contribution in [1.29, 1.82) is 0 Å². The van der Waals surface area contributed by atoms with Crippen LogP contribution in [0.2, 0.25) is 0 Å². The van der Waals surface area contributed by atoms with Crippen LogP contribution in [-0.4, -0.2) is 22.1 Å². The zero-order chi connectivity index (χ0) is 21.0. The molecular weight excluding hydrogens is 379 g/mol. The normalized spacial score (nSPS) is 11.3. The van der Waals surface area contributed by atoms with Crippen molar-refractivity contribution in [3.8, 4) is 0 Å². The molecule has 150 valence electrons. The molecule has 0 aliphatic heterocycles. The number of halogens is 1. The number of rotatable bonds is 6. The third-order valence-corrected chi connectivity index (χ3v) is 5.08. The molecule has 0 atom stereocenters. The first-order valence-electron chi connectivity index (χ1n) is 9.77. The SMILES string of the molecule is CCOC(=O)c1cn(C(c2ccccc2)(c2ccccc2)c2ccccc2)c(F)n1. The van der Waals surface area contributed by atoms with Crippen LogP contribution in [0.3, 0.4) is 0 Å². The lowest BCUT2D eigenvalue weighted by molar-refractivity contribution is 0.0519. The monoisotopic (exact) mass is 400 g/mol. The zero-order valence-corrected chi connectivity index (χ0v) is 16.5. The third kappa shape index (κ3) is 3.28. The van der Waals surface area contributed by atoms with Crippen molar-refractivity contribution < 1.29 is 13.9 Å². The van der Waals surface area contributed by atoms with E-state index in [0.717, 1.165) is 16.7 Å². The highest BCUT2D eigenvalue weighted by atomic mass is 19.1. The van der Waals surface area contributed by atoms with Gasteiger partial charge in [0.05, 0.1) is 6.61 Å². The molecule has 0 amide bonds. The Morgan fingerprint density at radius 3 is 1.70 bits per heavy atom. The van der Waals surface area contributed by atoms with Gasteiger partial charge in [-0.05, 0) is 23.6 Å². The van der Waals surface area contributed by atoms with E-state index in [-0.39, 0.29) is 12.3 Å². The fraction of sp³-hybridized carbons (Fsp3) is 0.120. The summed E-state index contributed by atoms with van der Waals surface area (Å²) >= 11 is 0. The maximum absolute atomic E-state index is 15.4. The van der Waals surface area contributed by atoms with Crippen molar-refractivity contribution in [3.63, 3.8) is 0 Å². The molecule has 0 bridgehead atoms. The first-order valence-corrected chi connectivity index (χ1v) is 9.77. The second-order valence-corrected chi connectivity index (χ2v) is 6.79. The molecule has 0 radical (unpaired) electrons. The number of imidazole rings is 1. The lowest BCUT2D eigenvalue weighted by Gasteiger charge is -2.37. The molecule has 0 saturated carbocycles. The second-order valence-electron chi connectivity index (χ2n) is 6.79. The van der Waals surface area contributed by atoms with Gasteiger partial charge in [0.25, 0.3) is 6.08 Å². The van der Waals surface area contributed by atoms with Gasteiger partial charge in [-0.25, -0.2) is 4.79 Å². The fourth-order valence-electron chi connectivity index (χ4n) is 3.85. The Morgan fingerprint density at radius 2 is 1.30 bits per heavy atom. The van der Waals surface area contributed by atoms with Gasteiger partial charge in [0.1, 0.15) is 5.54 Å². The molecule has 0 fully saturated rings. The highest BCUT2D eigenvalue weighted by Gasteiger charge is 2.41. The Balaban J connectivity index is 2.08. The molecule has 4 rings (SSSR count).